The highest BCUT2D eigenvalue weighted by molar-refractivity contribution is 6.29. The van der Waals surface area contributed by atoms with Crippen molar-refractivity contribution in [1.29, 1.82) is 0 Å². The Balaban J connectivity index is 1.56. The second-order valence-electron chi connectivity index (χ2n) is 4.17. The lowest BCUT2D eigenvalue weighted by molar-refractivity contribution is 0.107. The van der Waals surface area contributed by atoms with Crippen molar-refractivity contribution < 1.29 is 14.2 Å². The summed E-state index contributed by atoms with van der Waals surface area (Å²) in [5.41, 5.74) is 2.04. The molecule has 4 nitrogen and oxygen atoms in total. The fourth-order valence-electron chi connectivity index (χ4n) is 1.81. The van der Waals surface area contributed by atoms with Crippen molar-refractivity contribution in [2.24, 2.45) is 0 Å². The Hall–Kier alpha value is -1.78. The maximum atomic E-state index is 5.72. The van der Waals surface area contributed by atoms with Gasteiger partial charge in [0.15, 0.2) is 11.5 Å². The minimum absolute atomic E-state index is 0.288. The van der Waals surface area contributed by atoms with E-state index >= 15 is 0 Å². The molecule has 0 saturated heterocycles. The first kappa shape index (κ1) is 12.3. The zero-order valence-electron chi connectivity index (χ0n) is 10.1. The highest BCUT2D eigenvalue weighted by atomic mass is 35.5. The summed E-state index contributed by atoms with van der Waals surface area (Å²) in [5, 5.41) is 0.486. The Morgan fingerprint density at radius 3 is 2.68 bits per heavy atom. The van der Waals surface area contributed by atoms with Crippen molar-refractivity contribution in [2.45, 2.75) is 13.2 Å². The van der Waals surface area contributed by atoms with E-state index in [0.717, 1.165) is 22.6 Å². The molecule has 0 aliphatic carbocycles. The highest BCUT2D eigenvalue weighted by Crippen LogP contribution is 2.32. The molecule has 0 radical (unpaired) electrons. The molecule has 2 heterocycles. The van der Waals surface area contributed by atoms with Crippen LogP contribution in [0, 0.1) is 0 Å². The van der Waals surface area contributed by atoms with Gasteiger partial charge in [0.25, 0.3) is 0 Å². The lowest BCUT2D eigenvalue weighted by Crippen LogP contribution is -1.95. The summed E-state index contributed by atoms with van der Waals surface area (Å²) in [5.74, 6) is 1.56. The summed E-state index contributed by atoms with van der Waals surface area (Å²) < 4.78 is 16.2. The van der Waals surface area contributed by atoms with Gasteiger partial charge >= 0.3 is 0 Å². The average molecular weight is 278 g/mol. The Morgan fingerprint density at radius 1 is 1.05 bits per heavy atom. The summed E-state index contributed by atoms with van der Waals surface area (Å²) >= 11 is 5.72. The van der Waals surface area contributed by atoms with Gasteiger partial charge in [-0.25, -0.2) is 4.98 Å². The standard InChI is InChI=1S/C14H12ClNO3/c15-14-4-2-11(6-16-14)8-17-7-10-1-3-12-13(5-10)19-9-18-12/h1-6H,7-9H2. The molecule has 0 unspecified atom stereocenters. The number of ether oxygens (including phenoxy) is 3. The van der Waals surface area contributed by atoms with Crippen LogP contribution >= 0.6 is 11.6 Å². The maximum Gasteiger partial charge on any atom is 0.231 e. The third-order valence-electron chi connectivity index (χ3n) is 2.76. The number of pyridine rings is 1. The molecule has 1 aromatic heterocycles. The van der Waals surface area contributed by atoms with Crippen molar-refractivity contribution in [3.8, 4) is 11.5 Å². The lowest BCUT2D eigenvalue weighted by atomic mass is 10.2. The number of hydrogen-bond acceptors (Lipinski definition) is 4. The maximum absolute atomic E-state index is 5.72. The van der Waals surface area contributed by atoms with Gasteiger partial charge in [-0.3, -0.25) is 0 Å². The lowest BCUT2D eigenvalue weighted by Gasteiger charge is -2.05. The van der Waals surface area contributed by atoms with Crippen molar-refractivity contribution >= 4 is 11.6 Å². The van der Waals surface area contributed by atoms with E-state index in [1.807, 2.05) is 24.3 Å². The first-order chi connectivity index (χ1) is 9.31. The zero-order chi connectivity index (χ0) is 13.1. The number of fused-ring (bicyclic) bond motifs is 1. The van der Waals surface area contributed by atoms with Crippen molar-refractivity contribution in [2.75, 3.05) is 6.79 Å². The smallest absolute Gasteiger partial charge is 0.231 e. The molecule has 98 valence electrons. The third-order valence-corrected chi connectivity index (χ3v) is 2.99. The van der Waals surface area contributed by atoms with Gasteiger partial charge in [-0.1, -0.05) is 23.7 Å². The monoisotopic (exact) mass is 277 g/mol. The van der Waals surface area contributed by atoms with Crippen LogP contribution in [0.25, 0.3) is 0 Å². The SMILES string of the molecule is Clc1ccc(COCc2ccc3c(c2)OCO3)cn1. The summed E-state index contributed by atoms with van der Waals surface area (Å²) in [6.45, 7) is 1.30. The third kappa shape index (κ3) is 2.97. The molecular formula is C14H12ClNO3. The van der Waals surface area contributed by atoms with Crippen LogP contribution in [0.2, 0.25) is 5.15 Å². The van der Waals surface area contributed by atoms with Crippen LogP contribution in [-0.2, 0) is 18.0 Å². The van der Waals surface area contributed by atoms with E-state index in [-0.39, 0.29) is 6.79 Å². The molecule has 0 saturated carbocycles. The van der Waals surface area contributed by atoms with Crippen LogP contribution in [0.15, 0.2) is 36.5 Å². The fraction of sp³-hybridized carbons (Fsp3) is 0.214. The van der Waals surface area contributed by atoms with Crippen LogP contribution in [0.1, 0.15) is 11.1 Å². The summed E-state index contributed by atoms with van der Waals surface area (Å²) in [7, 11) is 0. The van der Waals surface area contributed by atoms with Gasteiger partial charge in [-0.2, -0.15) is 0 Å². The van der Waals surface area contributed by atoms with E-state index in [9.17, 15) is 0 Å². The summed E-state index contributed by atoms with van der Waals surface area (Å²) in [6.07, 6.45) is 1.71. The Labute approximate surface area is 115 Å². The summed E-state index contributed by atoms with van der Waals surface area (Å²) in [6, 6.07) is 9.44. The molecule has 3 rings (SSSR count). The summed E-state index contributed by atoms with van der Waals surface area (Å²) in [4.78, 5) is 4.00. The quantitative estimate of drug-likeness (QED) is 0.805. The molecule has 1 aliphatic rings. The van der Waals surface area contributed by atoms with Crippen LogP contribution in [0.5, 0.6) is 11.5 Å². The molecule has 0 amide bonds. The molecule has 5 heteroatoms. The van der Waals surface area contributed by atoms with E-state index in [4.69, 9.17) is 25.8 Å². The highest BCUT2D eigenvalue weighted by Gasteiger charge is 2.12. The van der Waals surface area contributed by atoms with Gasteiger partial charge in [0.2, 0.25) is 6.79 Å². The number of aromatic nitrogens is 1. The van der Waals surface area contributed by atoms with Crippen molar-refractivity contribution in [3.05, 3.63) is 52.8 Å². The zero-order valence-corrected chi connectivity index (χ0v) is 10.9. The van der Waals surface area contributed by atoms with E-state index in [0.29, 0.717) is 18.4 Å². The van der Waals surface area contributed by atoms with Gasteiger partial charge in [-0.05, 0) is 29.3 Å². The van der Waals surface area contributed by atoms with Crippen molar-refractivity contribution in [3.63, 3.8) is 0 Å². The van der Waals surface area contributed by atoms with Gasteiger partial charge in [0, 0.05) is 6.20 Å². The molecule has 0 fully saturated rings. The number of hydrogen-bond donors (Lipinski definition) is 0. The van der Waals surface area contributed by atoms with Crippen LogP contribution < -0.4 is 9.47 Å². The average Bonchev–Trinajstić information content (AvgIpc) is 2.88. The molecule has 1 aromatic carbocycles. The fourth-order valence-corrected chi connectivity index (χ4v) is 1.92. The molecule has 19 heavy (non-hydrogen) atoms. The normalized spacial score (nSPS) is 12.7. The molecule has 0 atom stereocenters. The first-order valence-corrected chi connectivity index (χ1v) is 6.26. The number of benzene rings is 1. The van der Waals surface area contributed by atoms with Gasteiger partial charge < -0.3 is 14.2 Å². The van der Waals surface area contributed by atoms with Gasteiger partial charge in [0.05, 0.1) is 13.2 Å². The molecule has 0 bridgehead atoms. The largest absolute Gasteiger partial charge is 0.454 e. The number of nitrogens with zero attached hydrogens (tertiary/aromatic N) is 1. The first-order valence-electron chi connectivity index (χ1n) is 5.88. The second-order valence-corrected chi connectivity index (χ2v) is 4.56. The predicted octanol–water partition coefficient (Wildman–Crippen LogP) is 3.18. The molecule has 0 N–H and O–H groups in total. The van der Waals surface area contributed by atoms with Gasteiger partial charge in [-0.15, -0.1) is 0 Å². The second kappa shape index (κ2) is 5.47. The Kier molecular flexibility index (Phi) is 3.53. The molecular weight excluding hydrogens is 266 g/mol. The predicted molar refractivity (Wildman–Crippen MR) is 70.3 cm³/mol. The van der Waals surface area contributed by atoms with E-state index in [1.165, 1.54) is 0 Å². The minimum Gasteiger partial charge on any atom is -0.454 e. The van der Waals surface area contributed by atoms with E-state index in [2.05, 4.69) is 4.98 Å². The number of halogens is 1. The van der Waals surface area contributed by atoms with E-state index < -0.39 is 0 Å². The Bertz CT molecular complexity index is 571. The molecule has 0 spiro atoms. The van der Waals surface area contributed by atoms with Crippen LogP contribution in [-0.4, -0.2) is 11.8 Å². The Morgan fingerprint density at radius 2 is 1.84 bits per heavy atom. The number of rotatable bonds is 4. The minimum atomic E-state index is 0.288. The van der Waals surface area contributed by atoms with Crippen LogP contribution in [0.4, 0.5) is 0 Å². The van der Waals surface area contributed by atoms with Crippen LogP contribution in [0.3, 0.4) is 0 Å². The van der Waals surface area contributed by atoms with Crippen molar-refractivity contribution in [1.82, 2.24) is 4.98 Å². The van der Waals surface area contributed by atoms with Gasteiger partial charge in [0.1, 0.15) is 5.15 Å². The topological polar surface area (TPSA) is 40.6 Å². The molecule has 1 aliphatic heterocycles. The van der Waals surface area contributed by atoms with E-state index in [1.54, 1.807) is 12.3 Å². The molecule has 2 aromatic rings.